The molecular weight excluding hydrogens is 200 g/mol. The monoisotopic (exact) mass is 212 g/mol. The van der Waals surface area contributed by atoms with Crippen molar-refractivity contribution in [2.75, 3.05) is 7.11 Å². The second kappa shape index (κ2) is 5.14. The average Bonchev–Trinajstić information content (AvgIpc) is 2.68. The first kappa shape index (κ1) is 11.2. The molecule has 1 aromatic heterocycles. The number of rotatable bonds is 5. The van der Waals surface area contributed by atoms with Crippen LogP contribution in [0.15, 0.2) is 12.4 Å². The van der Waals surface area contributed by atoms with E-state index in [2.05, 4.69) is 14.7 Å². The Labute approximate surface area is 86.3 Å². The maximum atomic E-state index is 11.0. The fourth-order valence-corrected chi connectivity index (χ4v) is 1.26. The average molecular weight is 212 g/mol. The number of carbonyl (C=O) groups excluding carboxylic acids is 1. The number of carboxylic acid groups (broad SMARTS) is 1. The summed E-state index contributed by atoms with van der Waals surface area (Å²) >= 11 is 0. The number of nitrogens with zero attached hydrogens (tertiary/aromatic N) is 1. The van der Waals surface area contributed by atoms with Crippen LogP contribution in [-0.2, 0) is 14.3 Å². The summed E-state index contributed by atoms with van der Waals surface area (Å²) in [5.74, 6) is -1.40. The fraction of sp³-hybridized carbons (Fsp3) is 0.444. The molecule has 1 atom stereocenters. The molecule has 0 aliphatic rings. The molecule has 1 rings (SSSR count). The van der Waals surface area contributed by atoms with Crippen LogP contribution < -0.4 is 0 Å². The van der Waals surface area contributed by atoms with E-state index in [1.165, 1.54) is 13.3 Å². The van der Waals surface area contributed by atoms with E-state index < -0.39 is 17.9 Å². The first-order chi connectivity index (χ1) is 7.13. The van der Waals surface area contributed by atoms with Gasteiger partial charge in [0.1, 0.15) is 5.82 Å². The van der Waals surface area contributed by atoms with Gasteiger partial charge in [-0.15, -0.1) is 0 Å². The number of carbonyl (C=O) groups is 2. The summed E-state index contributed by atoms with van der Waals surface area (Å²) in [5.41, 5.74) is 0. The van der Waals surface area contributed by atoms with E-state index in [9.17, 15) is 9.59 Å². The van der Waals surface area contributed by atoms with Gasteiger partial charge >= 0.3 is 11.9 Å². The summed E-state index contributed by atoms with van der Waals surface area (Å²) in [6.45, 7) is 0. The minimum absolute atomic E-state index is 0.0102. The Hall–Kier alpha value is -1.85. The molecule has 0 saturated carbocycles. The highest BCUT2D eigenvalue weighted by molar-refractivity contribution is 5.73. The molecule has 82 valence electrons. The summed E-state index contributed by atoms with van der Waals surface area (Å²) in [5, 5.41) is 8.67. The number of H-pyrrole nitrogens is 1. The number of aliphatic carboxylic acids is 1. The van der Waals surface area contributed by atoms with Gasteiger partial charge in [-0.05, 0) is 0 Å². The van der Waals surface area contributed by atoms with Gasteiger partial charge in [-0.1, -0.05) is 0 Å². The lowest BCUT2D eigenvalue weighted by Gasteiger charge is -2.10. The van der Waals surface area contributed by atoms with Crippen LogP contribution in [0.25, 0.3) is 0 Å². The van der Waals surface area contributed by atoms with Crippen molar-refractivity contribution in [3.63, 3.8) is 0 Å². The van der Waals surface area contributed by atoms with Crippen LogP contribution in [0.5, 0.6) is 0 Å². The topological polar surface area (TPSA) is 92.3 Å². The van der Waals surface area contributed by atoms with Crippen molar-refractivity contribution in [1.82, 2.24) is 9.97 Å². The molecule has 0 amide bonds. The Balaban J connectivity index is 2.70. The molecule has 0 aliphatic carbocycles. The number of ether oxygens (including phenoxy) is 1. The van der Waals surface area contributed by atoms with Crippen molar-refractivity contribution >= 4 is 11.9 Å². The molecule has 6 heteroatoms. The molecular formula is C9H12N2O4. The van der Waals surface area contributed by atoms with Gasteiger partial charge in [-0.25, -0.2) is 4.98 Å². The highest BCUT2D eigenvalue weighted by Gasteiger charge is 2.21. The second-order valence-corrected chi connectivity index (χ2v) is 3.05. The van der Waals surface area contributed by atoms with Gasteiger partial charge in [-0.2, -0.15) is 0 Å². The van der Waals surface area contributed by atoms with Gasteiger partial charge < -0.3 is 14.8 Å². The molecule has 0 spiro atoms. The molecule has 0 aromatic carbocycles. The predicted molar refractivity (Wildman–Crippen MR) is 50.2 cm³/mol. The van der Waals surface area contributed by atoms with Gasteiger partial charge in [0.2, 0.25) is 0 Å². The van der Waals surface area contributed by atoms with Crippen molar-refractivity contribution in [2.24, 2.45) is 0 Å². The largest absolute Gasteiger partial charge is 0.481 e. The normalized spacial score (nSPS) is 12.1. The zero-order valence-corrected chi connectivity index (χ0v) is 8.27. The molecule has 6 nitrogen and oxygen atoms in total. The Kier molecular flexibility index (Phi) is 3.84. The molecule has 1 unspecified atom stereocenters. The smallest absolute Gasteiger partial charge is 0.306 e. The minimum atomic E-state index is -0.972. The lowest BCUT2D eigenvalue weighted by Crippen LogP contribution is -2.13. The van der Waals surface area contributed by atoms with Gasteiger partial charge in [0, 0.05) is 18.3 Å². The zero-order valence-electron chi connectivity index (χ0n) is 8.27. The summed E-state index contributed by atoms with van der Waals surface area (Å²) < 4.78 is 4.49. The quantitative estimate of drug-likeness (QED) is 0.694. The third kappa shape index (κ3) is 3.41. The number of carboxylic acids is 1. The standard InChI is InChI=1S/C9H12N2O4/c1-15-8(14)5-6(4-7(12)13)9-10-2-3-11-9/h2-3,6H,4-5H2,1H3,(H,10,11)(H,12,13). The van der Waals surface area contributed by atoms with Gasteiger partial charge in [0.15, 0.2) is 0 Å². The van der Waals surface area contributed by atoms with Crippen molar-refractivity contribution < 1.29 is 19.4 Å². The van der Waals surface area contributed by atoms with Gasteiger partial charge in [0.25, 0.3) is 0 Å². The molecule has 2 N–H and O–H groups in total. The number of aromatic nitrogens is 2. The maximum Gasteiger partial charge on any atom is 0.306 e. The SMILES string of the molecule is COC(=O)CC(CC(=O)O)c1ncc[nH]1. The zero-order chi connectivity index (χ0) is 11.3. The first-order valence-corrected chi connectivity index (χ1v) is 4.41. The van der Waals surface area contributed by atoms with Crippen LogP contribution in [0.1, 0.15) is 24.6 Å². The number of esters is 1. The summed E-state index contributed by atoms with van der Waals surface area (Å²) in [6, 6.07) is 0. The third-order valence-electron chi connectivity index (χ3n) is 1.97. The van der Waals surface area contributed by atoms with Crippen LogP contribution in [0, 0.1) is 0 Å². The van der Waals surface area contributed by atoms with Crippen molar-refractivity contribution in [3.05, 3.63) is 18.2 Å². The van der Waals surface area contributed by atoms with E-state index >= 15 is 0 Å². The van der Waals surface area contributed by atoms with E-state index in [0.29, 0.717) is 5.82 Å². The summed E-state index contributed by atoms with van der Waals surface area (Å²) in [7, 11) is 1.27. The maximum absolute atomic E-state index is 11.0. The molecule has 0 fully saturated rings. The van der Waals surface area contributed by atoms with Gasteiger partial charge in [-0.3, -0.25) is 9.59 Å². The summed E-state index contributed by atoms with van der Waals surface area (Å²) in [4.78, 5) is 28.3. The molecule has 0 saturated heterocycles. The molecule has 0 bridgehead atoms. The van der Waals surface area contributed by atoms with E-state index in [-0.39, 0.29) is 12.8 Å². The number of aromatic amines is 1. The van der Waals surface area contributed by atoms with Crippen LogP contribution in [-0.4, -0.2) is 34.1 Å². The molecule has 1 heterocycles. The third-order valence-corrected chi connectivity index (χ3v) is 1.97. The lowest BCUT2D eigenvalue weighted by atomic mass is 10.0. The molecule has 0 aliphatic heterocycles. The number of imidazole rings is 1. The number of nitrogens with one attached hydrogen (secondary N) is 1. The van der Waals surface area contributed by atoms with Crippen LogP contribution >= 0.6 is 0 Å². The van der Waals surface area contributed by atoms with E-state index in [0.717, 1.165) is 0 Å². The number of methoxy groups -OCH3 is 1. The van der Waals surface area contributed by atoms with Crippen molar-refractivity contribution in [2.45, 2.75) is 18.8 Å². The molecule has 0 radical (unpaired) electrons. The number of hydrogen-bond acceptors (Lipinski definition) is 4. The van der Waals surface area contributed by atoms with Gasteiger partial charge in [0.05, 0.1) is 20.0 Å². The molecule has 1 aromatic rings. The first-order valence-electron chi connectivity index (χ1n) is 4.41. The second-order valence-electron chi connectivity index (χ2n) is 3.05. The van der Waals surface area contributed by atoms with Crippen molar-refractivity contribution in [3.8, 4) is 0 Å². The van der Waals surface area contributed by atoms with Crippen LogP contribution in [0.4, 0.5) is 0 Å². The lowest BCUT2D eigenvalue weighted by molar-refractivity contribution is -0.142. The van der Waals surface area contributed by atoms with E-state index in [4.69, 9.17) is 5.11 Å². The Bertz CT molecular complexity index is 334. The Morgan fingerprint density at radius 1 is 1.60 bits per heavy atom. The van der Waals surface area contributed by atoms with E-state index in [1.807, 2.05) is 0 Å². The number of hydrogen-bond donors (Lipinski definition) is 2. The van der Waals surface area contributed by atoms with Crippen LogP contribution in [0.3, 0.4) is 0 Å². The highest BCUT2D eigenvalue weighted by Crippen LogP contribution is 2.20. The highest BCUT2D eigenvalue weighted by atomic mass is 16.5. The van der Waals surface area contributed by atoms with Crippen LogP contribution in [0.2, 0.25) is 0 Å². The summed E-state index contributed by atoms with van der Waals surface area (Å²) in [6.07, 6.45) is 2.96. The predicted octanol–water partition coefficient (Wildman–Crippen LogP) is 0.531. The van der Waals surface area contributed by atoms with E-state index in [1.54, 1.807) is 6.20 Å². The fourth-order valence-electron chi connectivity index (χ4n) is 1.26. The Morgan fingerprint density at radius 2 is 2.33 bits per heavy atom. The van der Waals surface area contributed by atoms with Crippen molar-refractivity contribution in [1.29, 1.82) is 0 Å². The minimum Gasteiger partial charge on any atom is -0.481 e. The molecule has 15 heavy (non-hydrogen) atoms. The Morgan fingerprint density at radius 3 is 2.80 bits per heavy atom.